The number of nitrogens with zero attached hydrogens (tertiary/aromatic N) is 1. The predicted molar refractivity (Wildman–Crippen MR) is 78.0 cm³/mol. The van der Waals surface area contributed by atoms with Gasteiger partial charge in [0.15, 0.2) is 0 Å². The first kappa shape index (κ1) is 14.9. The first-order valence-corrected chi connectivity index (χ1v) is 7.09. The lowest BCUT2D eigenvalue weighted by Gasteiger charge is -2.41. The minimum absolute atomic E-state index is 0.114. The molecule has 0 spiro atoms. The molecule has 3 nitrogen and oxygen atoms in total. The zero-order chi connectivity index (χ0) is 14.2. The highest BCUT2D eigenvalue weighted by Crippen LogP contribution is 2.33. The summed E-state index contributed by atoms with van der Waals surface area (Å²) in [5.74, 6) is 0.114. The Kier molecular flexibility index (Phi) is 4.31. The van der Waals surface area contributed by atoms with Crippen LogP contribution in [0.15, 0.2) is 12.1 Å². The number of morpholine rings is 1. The van der Waals surface area contributed by atoms with Crippen LogP contribution in [0, 0.1) is 0 Å². The average Bonchev–Trinajstić information content (AvgIpc) is 2.22. The highest BCUT2D eigenvalue weighted by molar-refractivity contribution is 6.35. The van der Waals surface area contributed by atoms with Crippen molar-refractivity contribution in [1.29, 1.82) is 0 Å². The summed E-state index contributed by atoms with van der Waals surface area (Å²) in [5.41, 5.74) is 0.567. The number of rotatable bonds is 2. The smallest absolute Gasteiger partial charge is 0.138 e. The molecule has 0 saturated carbocycles. The van der Waals surface area contributed by atoms with Gasteiger partial charge < -0.3 is 9.84 Å². The van der Waals surface area contributed by atoms with E-state index in [-0.39, 0.29) is 17.5 Å². The summed E-state index contributed by atoms with van der Waals surface area (Å²) in [6.45, 7) is 8.44. The molecule has 1 atom stereocenters. The minimum Gasteiger partial charge on any atom is -0.506 e. The van der Waals surface area contributed by atoms with Crippen molar-refractivity contribution in [2.45, 2.75) is 39.0 Å². The zero-order valence-corrected chi connectivity index (χ0v) is 12.9. The fourth-order valence-electron chi connectivity index (χ4n) is 2.69. The fraction of sp³-hybridized carbons (Fsp3) is 0.571. The van der Waals surface area contributed by atoms with Gasteiger partial charge in [0.25, 0.3) is 0 Å². The largest absolute Gasteiger partial charge is 0.506 e. The van der Waals surface area contributed by atoms with Crippen molar-refractivity contribution in [3.63, 3.8) is 0 Å². The van der Waals surface area contributed by atoms with Gasteiger partial charge in [0, 0.05) is 30.2 Å². The molecule has 1 saturated heterocycles. The van der Waals surface area contributed by atoms with Crippen LogP contribution in [0.25, 0.3) is 0 Å². The zero-order valence-electron chi connectivity index (χ0n) is 11.4. The van der Waals surface area contributed by atoms with Gasteiger partial charge in [-0.2, -0.15) is 0 Å². The molecule has 1 heterocycles. The molecule has 1 aromatic rings. The highest BCUT2D eigenvalue weighted by Gasteiger charge is 2.31. The van der Waals surface area contributed by atoms with Crippen LogP contribution in [0.1, 0.15) is 26.3 Å². The van der Waals surface area contributed by atoms with Gasteiger partial charge in [-0.05, 0) is 32.9 Å². The van der Waals surface area contributed by atoms with E-state index in [9.17, 15) is 5.11 Å². The Hall–Kier alpha value is -0.480. The standard InChI is InChI=1S/C14H19Cl2NO2/c1-9-6-17(8-14(2,3)19-9)7-10-4-11(15)5-12(16)13(10)18/h4-5,9,18H,6-8H2,1-3H3. The van der Waals surface area contributed by atoms with Crippen LogP contribution in [-0.2, 0) is 11.3 Å². The summed E-state index contributed by atoms with van der Waals surface area (Å²) in [5, 5.41) is 10.8. The second kappa shape index (κ2) is 5.49. The van der Waals surface area contributed by atoms with Gasteiger partial charge in [0.1, 0.15) is 5.75 Å². The maximum Gasteiger partial charge on any atom is 0.138 e. The van der Waals surface area contributed by atoms with Crippen LogP contribution < -0.4 is 0 Å². The van der Waals surface area contributed by atoms with Crippen LogP contribution >= 0.6 is 23.2 Å². The fourth-order valence-corrected chi connectivity index (χ4v) is 3.22. The average molecular weight is 304 g/mol. The number of phenols is 1. The van der Waals surface area contributed by atoms with E-state index in [1.165, 1.54) is 0 Å². The van der Waals surface area contributed by atoms with Crippen molar-refractivity contribution in [3.05, 3.63) is 27.7 Å². The SMILES string of the molecule is CC1CN(Cc2cc(Cl)cc(Cl)c2O)CC(C)(C)O1. The molecule has 106 valence electrons. The first-order valence-electron chi connectivity index (χ1n) is 6.34. The van der Waals surface area contributed by atoms with Gasteiger partial charge >= 0.3 is 0 Å². The Labute approximate surface area is 124 Å². The molecule has 0 bridgehead atoms. The highest BCUT2D eigenvalue weighted by atomic mass is 35.5. The maximum atomic E-state index is 10.0. The van der Waals surface area contributed by atoms with E-state index in [4.69, 9.17) is 27.9 Å². The van der Waals surface area contributed by atoms with E-state index in [0.29, 0.717) is 16.6 Å². The predicted octanol–water partition coefficient (Wildman–Crippen LogP) is 3.70. The molecule has 2 rings (SSSR count). The normalized spacial score (nSPS) is 23.5. The van der Waals surface area contributed by atoms with E-state index in [1.54, 1.807) is 12.1 Å². The number of hydrogen-bond acceptors (Lipinski definition) is 3. The van der Waals surface area contributed by atoms with Gasteiger partial charge in [-0.3, -0.25) is 4.90 Å². The number of halogens is 2. The van der Waals surface area contributed by atoms with E-state index >= 15 is 0 Å². The van der Waals surface area contributed by atoms with Gasteiger partial charge in [-0.15, -0.1) is 0 Å². The molecule has 0 aliphatic carbocycles. The number of ether oxygens (including phenoxy) is 1. The maximum absolute atomic E-state index is 10.0. The molecule has 0 radical (unpaired) electrons. The van der Waals surface area contributed by atoms with E-state index in [2.05, 4.69) is 25.7 Å². The molecule has 1 N–H and O–H groups in total. The summed E-state index contributed by atoms with van der Waals surface area (Å²) >= 11 is 11.9. The van der Waals surface area contributed by atoms with Crippen molar-refractivity contribution in [1.82, 2.24) is 4.90 Å². The Morgan fingerprint density at radius 3 is 2.74 bits per heavy atom. The summed E-state index contributed by atoms with van der Waals surface area (Å²) in [7, 11) is 0. The molecule has 1 fully saturated rings. The Balaban J connectivity index is 2.17. The third-order valence-corrected chi connectivity index (χ3v) is 3.65. The molecular weight excluding hydrogens is 285 g/mol. The molecule has 0 aromatic heterocycles. The van der Waals surface area contributed by atoms with Crippen molar-refractivity contribution in [2.24, 2.45) is 0 Å². The van der Waals surface area contributed by atoms with Gasteiger partial charge in [0.2, 0.25) is 0 Å². The van der Waals surface area contributed by atoms with Crippen LogP contribution in [0.3, 0.4) is 0 Å². The van der Waals surface area contributed by atoms with E-state index in [1.807, 2.05) is 0 Å². The van der Waals surface area contributed by atoms with Crippen molar-refractivity contribution < 1.29 is 9.84 Å². The summed E-state index contributed by atoms with van der Waals surface area (Å²) in [6, 6.07) is 3.31. The number of benzene rings is 1. The van der Waals surface area contributed by atoms with Crippen molar-refractivity contribution in [2.75, 3.05) is 13.1 Å². The third-order valence-electron chi connectivity index (χ3n) is 3.14. The van der Waals surface area contributed by atoms with Crippen LogP contribution in [0.2, 0.25) is 10.0 Å². The Morgan fingerprint density at radius 2 is 2.11 bits per heavy atom. The van der Waals surface area contributed by atoms with Gasteiger partial charge in [0.05, 0.1) is 16.7 Å². The van der Waals surface area contributed by atoms with Gasteiger partial charge in [-0.25, -0.2) is 0 Å². The minimum atomic E-state index is -0.185. The number of aromatic hydroxyl groups is 1. The monoisotopic (exact) mass is 303 g/mol. The summed E-state index contributed by atoms with van der Waals surface area (Å²) in [4.78, 5) is 2.25. The lowest BCUT2D eigenvalue weighted by atomic mass is 10.0. The third kappa shape index (κ3) is 3.76. The Bertz CT molecular complexity index is 477. The second-order valence-electron chi connectivity index (χ2n) is 5.75. The summed E-state index contributed by atoms with van der Waals surface area (Å²) < 4.78 is 5.86. The van der Waals surface area contributed by atoms with Crippen LogP contribution in [-0.4, -0.2) is 34.8 Å². The first-order chi connectivity index (χ1) is 8.77. The molecule has 19 heavy (non-hydrogen) atoms. The Morgan fingerprint density at radius 1 is 1.42 bits per heavy atom. The van der Waals surface area contributed by atoms with Crippen molar-refractivity contribution in [3.8, 4) is 5.75 Å². The molecular formula is C14H19Cl2NO2. The van der Waals surface area contributed by atoms with Gasteiger partial charge in [-0.1, -0.05) is 23.2 Å². The van der Waals surface area contributed by atoms with Crippen molar-refractivity contribution >= 4 is 23.2 Å². The second-order valence-corrected chi connectivity index (χ2v) is 6.60. The molecule has 0 amide bonds. The number of hydrogen-bond donors (Lipinski definition) is 1. The van der Waals surface area contributed by atoms with Crippen LogP contribution in [0.5, 0.6) is 5.75 Å². The van der Waals surface area contributed by atoms with Crippen LogP contribution in [0.4, 0.5) is 0 Å². The lowest BCUT2D eigenvalue weighted by molar-refractivity contribution is -0.130. The molecule has 1 unspecified atom stereocenters. The molecule has 5 heteroatoms. The quantitative estimate of drug-likeness (QED) is 0.904. The summed E-state index contributed by atoms with van der Waals surface area (Å²) in [6.07, 6.45) is 0.167. The number of phenolic OH excluding ortho intramolecular Hbond substituents is 1. The van der Waals surface area contributed by atoms with E-state index < -0.39 is 0 Å². The topological polar surface area (TPSA) is 32.7 Å². The van der Waals surface area contributed by atoms with E-state index in [0.717, 1.165) is 18.7 Å². The lowest BCUT2D eigenvalue weighted by Crippen LogP contribution is -2.51. The molecule has 1 aromatic carbocycles. The molecule has 1 aliphatic heterocycles. The molecule has 1 aliphatic rings.